The first-order valence-electron chi connectivity index (χ1n) is 13.8. The molecule has 190 valence electrons. The van der Waals surface area contributed by atoms with Crippen LogP contribution in [0.2, 0.25) is 0 Å². The molecule has 0 atom stereocenters. The van der Waals surface area contributed by atoms with Crippen molar-refractivity contribution in [3.63, 3.8) is 0 Å². The highest BCUT2D eigenvalue weighted by Crippen LogP contribution is 2.41. The molecule has 0 saturated heterocycles. The van der Waals surface area contributed by atoms with Gasteiger partial charge in [0.25, 0.3) is 0 Å². The molecule has 40 heavy (non-hydrogen) atoms. The molecule has 0 spiro atoms. The molecule has 4 aromatic carbocycles. The van der Waals surface area contributed by atoms with Crippen molar-refractivity contribution in [2.75, 3.05) is 0 Å². The van der Waals surface area contributed by atoms with Gasteiger partial charge in [-0.15, -0.1) is 0 Å². The fourth-order valence-electron chi connectivity index (χ4n) is 6.88. The number of allylic oxidation sites excluding steroid dienone is 4. The SMILES string of the molecule is C1=CC2=C3O[B-](c4ccccc4)(c4ccccc4)[N+]4=CC=CC4=C3O[B-](c3ccccc3)(c3ccccc3)[N+]2=C1. The van der Waals surface area contributed by atoms with Gasteiger partial charge in [-0.2, -0.15) is 0 Å². The molecule has 4 aromatic rings. The van der Waals surface area contributed by atoms with Crippen LogP contribution < -0.4 is 21.9 Å². The Balaban J connectivity index is 1.44. The van der Waals surface area contributed by atoms with Crippen LogP contribution in [0, 0.1) is 0 Å². The van der Waals surface area contributed by atoms with Crippen LogP contribution in [0.5, 0.6) is 0 Å². The van der Waals surface area contributed by atoms with Crippen LogP contribution in [-0.4, -0.2) is 34.4 Å². The molecule has 8 rings (SSSR count). The smallest absolute Gasteiger partial charge is 0.513 e. The third kappa shape index (κ3) is 3.04. The van der Waals surface area contributed by atoms with Gasteiger partial charge in [-0.05, 0) is 0 Å². The summed E-state index contributed by atoms with van der Waals surface area (Å²) >= 11 is 0. The topological polar surface area (TPSA) is 24.5 Å². The molecule has 0 radical (unpaired) electrons. The van der Waals surface area contributed by atoms with Crippen molar-refractivity contribution in [3.05, 3.63) is 169 Å². The summed E-state index contributed by atoms with van der Waals surface area (Å²) in [4.78, 5) is 0. The molecule has 0 amide bonds. The standard InChI is InChI=1S/C34H26B2N2O2/c1-5-15-27(16-6-1)35(28-17-7-2-8-18-28)37-25-13-23-31(37)34-33(39-35)32-24-14-26-38(32)36(40-34,29-19-9-3-10-20-29)30-21-11-4-12-22-30/h1-26H. The summed E-state index contributed by atoms with van der Waals surface area (Å²) in [5, 5.41) is 0. The van der Waals surface area contributed by atoms with Gasteiger partial charge in [0.05, 0.1) is 0 Å². The molecular formula is C34H26B2N2O2. The van der Waals surface area contributed by atoms with E-state index in [1.807, 2.05) is 24.3 Å². The molecule has 4 heterocycles. The number of hydrogen-bond donors (Lipinski definition) is 0. The maximum atomic E-state index is 7.35. The normalized spacial score (nSPS) is 19.2. The number of benzene rings is 4. The van der Waals surface area contributed by atoms with Crippen LogP contribution in [0.4, 0.5) is 0 Å². The van der Waals surface area contributed by atoms with Crippen LogP contribution in [0.25, 0.3) is 0 Å². The van der Waals surface area contributed by atoms with Gasteiger partial charge in [0.1, 0.15) is 12.4 Å². The van der Waals surface area contributed by atoms with Crippen molar-refractivity contribution in [2.24, 2.45) is 0 Å². The van der Waals surface area contributed by atoms with Gasteiger partial charge < -0.3 is 18.3 Å². The zero-order chi connectivity index (χ0) is 26.6. The molecule has 0 unspecified atom stereocenters. The summed E-state index contributed by atoms with van der Waals surface area (Å²) in [5.74, 6) is 1.52. The second-order valence-electron chi connectivity index (χ2n) is 10.6. The highest BCUT2D eigenvalue weighted by molar-refractivity contribution is 6.93. The van der Waals surface area contributed by atoms with E-state index in [1.165, 1.54) is 0 Å². The molecule has 4 aliphatic heterocycles. The average Bonchev–Trinajstić information content (AvgIpc) is 3.74. The highest BCUT2D eigenvalue weighted by atomic mass is 16.5. The van der Waals surface area contributed by atoms with E-state index in [1.54, 1.807) is 0 Å². The lowest BCUT2D eigenvalue weighted by atomic mass is 9.39. The van der Waals surface area contributed by atoms with Gasteiger partial charge in [0.15, 0.2) is 22.9 Å². The molecule has 0 aromatic heterocycles. The minimum atomic E-state index is -1.85. The Morgan fingerprint density at radius 1 is 0.400 bits per heavy atom. The second kappa shape index (κ2) is 8.72. The Hall–Kier alpha value is -5.09. The highest BCUT2D eigenvalue weighted by Gasteiger charge is 2.59. The van der Waals surface area contributed by atoms with E-state index >= 15 is 0 Å². The van der Waals surface area contributed by atoms with Gasteiger partial charge >= 0.3 is 13.0 Å². The quantitative estimate of drug-likeness (QED) is 0.389. The molecule has 0 fully saturated rings. The largest absolute Gasteiger partial charge is 0.644 e. The second-order valence-corrected chi connectivity index (χ2v) is 10.6. The van der Waals surface area contributed by atoms with E-state index in [0.29, 0.717) is 0 Å². The van der Waals surface area contributed by atoms with Crippen LogP contribution in [-0.2, 0) is 9.31 Å². The van der Waals surface area contributed by atoms with Gasteiger partial charge in [-0.1, -0.05) is 143 Å². The third-order valence-electron chi connectivity index (χ3n) is 8.60. The first kappa shape index (κ1) is 22.9. The van der Waals surface area contributed by atoms with Crippen molar-refractivity contribution in [3.8, 4) is 0 Å². The van der Waals surface area contributed by atoms with Gasteiger partial charge in [0, 0.05) is 24.3 Å². The Labute approximate surface area is 233 Å². The molecule has 4 nitrogen and oxygen atoms in total. The van der Waals surface area contributed by atoms with Crippen molar-refractivity contribution < 1.29 is 18.3 Å². The molecule has 0 bridgehead atoms. The summed E-state index contributed by atoms with van der Waals surface area (Å²) in [7, 11) is 0. The van der Waals surface area contributed by atoms with Gasteiger partial charge in [0.2, 0.25) is 0 Å². The number of hydrogen-bond acceptors (Lipinski definition) is 2. The average molecular weight is 516 g/mol. The predicted octanol–water partition coefficient (Wildman–Crippen LogP) is 3.29. The fourth-order valence-corrected chi connectivity index (χ4v) is 6.88. The maximum absolute atomic E-state index is 7.35. The van der Waals surface area contributed by atoms with Crippen LogP contribution in [0.1, 0.15) is 0 Å². The molecule has 0 N–H and O–H groups in total. The molecule has 6 heteroatoms. The zero-order valence-electron chi connectivity index (χ0n) is 21.9. The van der Waals surface area contributed by atoms with E-state index in [0.717, 1.165) is 44.8 Å². The number of nitrogens with zero attached hydrogens (tertiary/aromatic N) is 2. The number of fused-ring (bicyclic) bond motifs is 3. The van der Waals surface area contributed by atoms with Crippen molar-refractivity contribution in [2.45, 2.75) is 0 Å². The van der Waals surface area contributed by atoms with Crippen LogP contribution >= 0.6 is 0 Å². The monoisotopic (exact) mass is 516 g/mol. The van der Waals surface area contributed by atoms with Crippen molar-refractivity contribution in [1.82, 2.24) is 0 Å². The predicted molar refractivity (Wildman–Crippen MR) is 163 cm³/mol. The minimum absolute atomic E-state index is 0.758. The summed E-state index contributed by atoms with van der Waals surface area (Å²) in [6, 6.07) is 42.1. The van der Waals surface area contributed by atoms with E-state index in [9.17, 15) is 0 Å². The maximum Gasteiger partial charge on any atom is 0.513 e. The molecule has 0 aliphatic carbocycles. The first-order valence-corrected chi connectivity index (χ1v) is 13.8. The number of rotatable bonds is 4. The lowest BCUT2D eigenvalue weighted by Gasteiger charge is -2.49. The summed E-state index contributed by atoms with van der Waals surface area (Å²) in [6.07, 6.45) is 12.7. The van der Waals surface area contributed by atoms with E-state index < -0.39 is 13.0 Å². The lowest BCUT2D eigenvalue weighted by Crippen LogP contribution is -2.73. The summed E-state index contributed by atoms with van der Waals surface area (Å²) in [6.45, 7) is -3.69. The van der Waals surface area contributed by atoms with Gasteiger partial charge in [-0.3, -0.25) is 0 Å². The Bertz CT molecular complexity index is 1610. The van der Waals surface area contributed by atoms with Gasteiger partial charge in [-0.25, -0.2) is 0 Å². The molecular weight excluding hydrogens is 490 g/mol. The Kier molecular flexibility index (Phi) is 4.98. The minimum Gasteiger partial charge on any atom is -0.644 e. The Morgan fingerprint density at radius 3 is 1.00 bits per heavy atom. The first-order chi connectivity index (χ1) is 19.8. The van der Waals surface area contributed by atoms with Crippen molar-refractivity contribution >= 4 is 47.2 Å². The summed E-state index contributed by atoms with van der Waals surface area (Å²) in [5.41, 5.74) is 6.40. The molecule has 4 aliphatic rings. The van der Waals surface area contributed by atoms with E-state index in [-0.39, 0.29) is 0 Å². The fraction of sp³-hybridized carbons (Fsp3) is 0. The molecule has 0 saturated carbocycles. The lowest BCUT2D eigenvalue weighted by molar-refractivity contribution is -0.369. The third-order valence-corrected chi connectivity index (χ3v) is 8.60. The van der Waals surface area contributed by atoms with E-state index in [2.05, 4.69) is 143 Å². The van der Waals surface area contributed by atoms with Crippen molar-refractivity contribution in [1.29, 1.82) is 0 Å². The zero-order valence-corrected chi connectivity index (χ0v) is 21.9. The Morgan fingerprint density at radius 2 is 0.700 bits per heavy atom. The van der Waals surface area contributed by atoms with E-state index in [4.69, 9.17) is 9.31 Å². The van der Waals surface area contributed by atoms with Crippen LogP contribution in [0.15, 0.2) is 169 Å². The summed E-state index contributed by atoms with van der Waals surface area (Å²) < 4.78 is 19.3. The van der Waals surface area contributed by atoms with Crippen LogP contribution in [0.3, 0.4) is 0 Å².